The van der Waals surface area contributed by atoms with E-state index < -0.39 is 0 Å². The monoisotopic (exact) mass is 968 g/mol. The van der Waals surface area contributed by atoms with Crippen LogP contribution in [0.1, 0.15) is 79.1 Å². The first kappa shape index (κ1) is 55.2. The average Bonchev–Trinajstić information content (AvgIpc) is 3.26. The topological polar surface area (TPSA) is 235 Å². The summed E-state index contributed by atoms with van der Waals surface area (Å²) >= 11 is 0. The van der Waals surface area contributed by atoms with E-state index in [4.69, 9.17) is 37.9 Å². The van der Waals surface area contributed by atoms with Crippen molar-refractivity contribution in [3.63, 3.8) is 0 Å². The van der Waals surface area contributed by atoms with Gasteiger partial charge in [0.05, 0.1) is 93.1 Å². The summed E-state index contributed by atoms with van der Waals surface area (Å²) < 4.78 is 45.4. The Kier molecular flexibility index (Phi) is 22.0. The van der Waals surface area contributed by atoms with Crippen molar-refractivity contribution >= 4 is 11.9 Å². The molecule has 0 aromatic carbocycles. The molecule has 0 radical (unpaired) electrons. The van der Waals surface area contributed by atoms with E-state index in [1.807, 2.05) is 55.4 Å². The van der Waals surface area contributed by atoms with Crippen molar-refractivity contribution in [1.82, 2.24) is 78.6 Å². The summed E-state index contributed by atoms with van der Waals surface area (Å²) in [6.45, 7) is 23.1. The first-order valence-corrected chi connectivity index (χ1v) is 22.0. The van der Waals surface area contributed by atoms with Crippen molar-refractivity contribution in [3.8, 4) is 48.1 Å². The molecule has 2 aliphatic heterocycles. The van der Waals surface area contributed by atoms with Gasteiger partial charge >= 0.3 is 60.0 Å². The highest BCUT2D eigenvalue weighted by Gasteiger charge is 2.47. The number of likely N-dealkylation sites (N-methyl/N-ethyl adjacent to an activating group) is 4. The second-order valence-electron chi connectivity index (χ2n) is 14.9. The normalized spacial score (nSPS) is 20.6. The molecule has 6 heterocycles. The van der Waals surface area contributed by atoms with Crippen molar-refractivity contribution in [2.45, 2.75) is 67.5 Å². The number of ether oxygens (including phenoxy) is 8. The predicted octanol–water partition coefficient (Wildman–Crippen LogP) is -3.44. The lowest BCUT2D eigenvalue weighted by molar-refractivity contribution is -0.00100. The van der Waals surface area contributed by atoms with E-state index in [9.17, 15) is 0 Å². The third kappa shape index (κ3) is 13.9. The number of hydrogen-bond donors (Lipinski definition) is 0. The third-order valence-electron chi connectivity index (χ3n) is 10.3. The van der Waals surface area contributed by atoms with Crippen LogP contribution in [0.15, 0.2) is 0 Å². The number of nitrogens with zero attached hydrogens (tertiary/aromatic N) is 16. The van der Waals surface area contributed by atoms with Crippen LogP contribution in [0.25, 0.3) is 0 Å². The van der Waals surface area contributed by atoms with Gasteiger partial charge in [-0.15, -0.1) is 39.9 Å². The van der Waals surface area contributed by atoms with Gasteiger partial charge in [0, 0.05) is 13.1 Å². The van der Waals surface area contributed by atoms with Crippen LogP contribution in [0.4, 0.5) is 11.9 Å². The Hall–Kier alpha value is -5.14. The van der Waals surface area contributed by atoms with Gasteiger partial charge in [0.15, 0.2) is 23.7 Å². The number of piperazine rings is 2. The molecule has 2 aliphatic rings. The van der Waals surface area contributed by atoms with Crippen LogP contribution in [0.3, 0.4) is 0 Å². The highest BCUT2D eigenvalue weighted by molar-refractivity contribution is 5.34. The minimum Gasteiger partial charge on any atom is -1.00 e. The van der Waals surface area contributed by atoms with Crippen LogP contribution in [0, 0.1) is 0 Å². The largest absolute Gasteiger partial charge is 1.00 e. The molecule has 368 valence electrons. The van der Waals surface area contributed by atoms with E-state index in [2.05, 4.69) is 97.8 Å². The number of hydrogen-bond acceptors (Lipinski definition) is 22. The number of rotatable bonds is 20. The molecule has 26 heteroatoms. The second kappa shape index (κ2) is 26.3. The van der Waals surface area contributed by atoms with Gasteiger partial charge in [0.2, 0.25) is 0 Å². The van der Waals surface area contributed by atoms with E-state index in [1.165, 1.54) is 0 Å². The summed E-state index contributed by atoms with van der Waals surface area (Å²) in [5.41, 5.74) is 0. The number of halogens is 2. The fourth-order valence-electron chi connectivity index (χ4n) is 7.02. The van der Waals surface area contributed by atoms with Crippen LogP contribution in [-0.2, 0) is 0 Å². The third-order valence-corrected chi connectivity index (χ3v) is 10.3. The quantitative estimate of drug-likeness (QED) is 0.0784. The van der Waals surface area contributed by atoms with Crippen molar-refractivity contribution in [2.24, 2.45) is 0 Å². The molecule has 4 aromatic heterocycles. The summed E-state index contributed by atoms with van der Waals surface area (Å²) in [6, 6.07) is 1.48. The zero-order chi connectivity index (χ0) is 46.3. The van der Waals surface area contributed by atoms with Gasteiger partial charge in [0.25, 0.3) is 0 Å². The van der Waals surface area contributed by atoms with Crippen LogP contribution in [-0.4, -0.2) is 190 Å². The first-order chi connectivity index (χ1) is 30.9. The van der Waals surface area contributed by atoms with E-state index >= 15 is 0 Å². The Morgan fingerprint density at radius 2 is 0.591 bits per heavy atom. The van der Waals surface area contributed by atoms with Gasteiger partial charge in [-0.3, -0.25) is 9.80 Å². The van der Waals surface area contributed by atoms with Gasteiger partial charge in [-0.1, -0.05) is 0 Å². The molecular weight excluding hydrogens is 903 g/mol. The molecule has 4 atom stereocenters. The van der Waals surface area contributed by atoms with Gasteiger partial charge in [-0.05, 0) is 69.5 Å². The SMILES string of the molecule is CCOc1nc(OCC)nc(C2CN(C)CC[N+]2(C)c2nc(OCC)nc(OCC)n2)n1.CCOc1nc(OCC)nc(C2CN(C)CC[N+]2(C)c2nc(OCC)nc(OCC)n2)n1.[Cl-].[Cl-]. The molecule has 0 bridgehead atoms. The highest BCUT2D eigenvalue weighted by Crippen LogP contribution is 2.37. The number of aromatic nitrogens is 12. The maximum atomic E-state index is 5.59. The lowest BCUT2D eigenvalue weighted by atomic mass is 10.1. The van der Waals surface area contributed by atoms with E-state index in [0.29, 0.717) is 98.5 Å². The standard InChI is InChI=1S/2C20H33N8O4.2ClH/c2*1-7-29-17-21-15(22-18(25-17)30-8-2)14-13-27(5)11-12-28(14,6)16-23-19(31-9-3)26-20(24-16)32-10-4;;/h2*14H,7-13H2,1-6H3;2*1H/q2*+1;;/p-2. The number of quaternary nitrogens is 2. The summed E-state index contributed by atoms with van der Waals surface area (Å²) in [6.07, 6.45) is 0. The van der Waals surface area contributed by atoms with Crippen LogP contribution in [0.2, 0.25) is 0 Å². The summed E-state index contributed by atoms with van der Waals surface area (Å²) in [5.74, 6) is 2.16. The van der Waals surface area contributed by atoms with Crippen molar-refractivity contribution in [2.75, 3.05) is 120 Å². The molecule has 24 nitrogen and oxygen atoms in total. The molecule has 0 saturated carbocycles. The van der Waals surface area contributed by atoms with Crippen LogP contribution < -0.4 is 71.7 Å². The fraction of sp³-hybridized carbons (Fsp3) is 0.700. The van der Waals surface area contributed by atoms with Gasteiger partial charge in [-0.25, -0.2) is 8.97 Å². The molecule has 0 amide bonds. The molecule has 2 fully saturated rings. The Labute approximate surface area is 399 Å². The summed E-state index contributed by atoms with van der Waals surface area (Å²) in [5, 5.41) is 0. The minimum absolute atomic E-state index is 0. The predicted molar refractivity (Wildman–Crippen MR) is 234 cm³/mol. The molecule has 66 heavy (non-hydrogen) atoms. The van der Waals surface area contributed by atoms with E-state index in [1.54, 1.807) is 0 Å². The highest BCUT2D eigenvalue weighted by atomic mass is 35.5. The van der Waals surface area contributed by atoms with Gasteiger partial charge in [0.1, 0.15) is 0 Å². The molecule has 4 aromatic rings. The van der Waals surface area contributed by atoms with Crippen molar-refractivity contribution < 1.29 is 62.7 Å². The van der Waals surface area contributed by atoms with E-state index in [-0.39, 0.29) is 85.0 Å². The summed E-state index contributed by atoms with van der Waals surface area (Å²) in [4.78, 5) is 58.3. The zero-order valence-corrected chi connectivity index (χ0v) is 41.7. The van der Waals surface area contributed by atoms with Crippen LogP contribution >= 0.6 is 0 Å². The Morgan fingerprint density at radius 3 is 0.803 bits per heavy atom. The second-order valence-corrected chi connectivity index (χ2v) is 14.9. The Balaban J connectivity index is 0.000000340. The molecular formula is C40H66Cl2N16O8. The smallest absolute Gasteiger partial charge is 0.338 e. The first-order valence-electron chi connectivity index (χ1n) is 22.0. The zero-order valence-electron chi connectivity index (χ0n) is 40.2. The molecule has 2 saturated heterocycles. The molecule has 0 spiro atoms. The van der Waals surface area contributed by atoms with E-state index in [0.717, 1.165) is 26.2 Å². The van der Waals surface area contributed by atoms with Crippen LogP contribution in [0.5, 0.6) is 48.1 Å². The molecule has 6 rings (SSSR count). The maximum Gasteiger partial charge on any atom is 0.338 e. The minimum atomic E-state index is -0.207. The lowest BCUT2D eigenvalue weighted by Crippen LogP contribution is -3.00. The molecule has 0 aliphatic carbocycles. The Morgan fingerprint density at radius 1 is 0.379 bits per heavy atom. The van der Waals surface area contributed by atoms with Crippen molar-refractivity contribution in [1.29, 1.82) is 0 Å². The Bertz CT molecular complexity index is 1860. The van der Waals surface area contributed by atoms with Gasteiger partial charge in [-0.2, -0.15) is 19.9 Å². The molecule has 0 N–H and O–H groups in total. The lowest BCUT2D eigenvalue weighted by Gasteiger charge is -2.44. The van der Waals surface area contributed by atoms with Crippen molar-refractivity contribution in [3.05, 3.63) is 11.6 Å². The molecule has 4 unspecified atom stereocenters. The summed E-state index contributed by atoms with van der Waals surface area (Å²) in [7, 11) is 8.25. The average molecular weight is 970 g/mol. The van der Waals surface area contributed by atoms with Gasteiger partial charge < -0.3 is 62.7 Å². The maximum absolute atomic E-state index is 5.59. The fourth-order valence-corrected chi connectivity index (χ4v) is 7.02.